The Morgan fingerprint density at radius 2 is 1.66 bits per heavy atom. The number of anilines is 1. The Hall–Kier alpha value is -1.96. The highest BCUT2D eigenvalue weighted by molar-refractivity contribution is 9.10. The maximum absolute atomic E-state index is 12.5. The van der Waals surface area contributed by atoms with E-state index in [1.165, 1.54) is 0 Å². The predicted octanol–water partition coefficient (Wildman–Crippen LogP) is 8.43. The minimum absolute atomic E-state index is 0.152. The number of carbonyl (C=O) groups is 2. The Kier molecular flexibility index (Phi) is 7.96. The summed E-state index contributed by atoms with van der Waals surface area (Å²) in [5, 5.41) is 6.21. The molecule has 3 aromatic carbocycles. The first kappa shape index (κ1) is 24.7. The van der Waals surface area contributed by atoms with Crippen LogP contribution in [0.5, 0.6) is 11.5 Å². The molecular weight excluding hydrogens is 562 g/mol. The number of aryl methyl sites for hydroxylation is 1. The van der Waals surface area contributed by atoms with E-state index in [1.54, 1.807) is 56.3 Å². The van der Waals surface area contributed by atoms with Gasteiger partial charge in [0.1, 0.15) is 11.5 Å². The molecule has 0 fully saturated rings. The number of ether oxygens (including phenoxy) is 1. The van der Waals surface area contributed by atoms with E-state index >= 15 is 0 Å². The third kappa shape index (κ3) is 5.50. The summed E-state index contributed by atoms with van der Waals surface area (Å²) in [6.07, 6.45) is 0. The molecule has 0 aromatic heterocycles. The average molecular weight is 577 g/mol. The molecule has 0 heterocycles. The molecule has 0 aliphatic carbocycles. The van der Waals surface area contributed by atoms with E-state index in [0.717, 1.165) is 0 Å². The molecule has 32 heavy (non-hydrogen) atoms. The summed E-state index contributed by atoms with van der Waals surface area (Å²) in [6.45, 7) is 3.48. The van der Waals surface area contributed by atoms with Crippen LogP contribution in [0.15, 0.2) is 46.9 Å². The summed E-state index contributed by atoms with van der Waals surface area (Å²) in [6, 6.07) is 10.6. The fourth-order valence-corrected chi connectivity index (χ4v) is 4.45. The number of imide groups is 1. The van der Waals surface area contributed by atoms with E-state index in [2.05, 4.69) is 26.6 Å². The van der Waals surface area contributed by atoms with Gasteiger partial charge in [-0.05, 0) is 77.3 Å². The summed E-state index contributed by atoms with van der Waals surface area (Å²) in [5.41, 5.74) is 1.80. The van der Waals surface area contributed by atoms with Gasteiger partial charge in [0, 0.05) is 15.2 Å². The maximum atomic E-state index is 12.5. The van der Waals surface area contributed by atoms with Gasteiger partial charge in [-0.1, -0.05) is 52.5 Å². The number of hydrogen-bond acceptors (Lipinski definition) is 3. The first-order valence-electron chi connectivity index (χ1n) is 9.07. The fraction of sp³-hybridized carbons (Fsp3) is 0.0909. The highest BCUT2D eigenvalue weighted by atomic mass is 79.9. The zero-order valence-corrected chi connectivity index (χ0v) is 21.3. The lowest BCUT2D eigenvalue weighted by molar-refractivity contribution is 0.0966. The first-order valence-corrected chi connectivity index (χ1v) is 11.4. The average Bonchev–Trinajstić information content (AvgIpc) is 2.71. The number of nitrogens with one attached hydrogen (secondary N) is 2. The second-order valence-corrected chi connectivity index (χ2v) is 9.17. The number of carbonyl (C=O) groups excluding carboxylic acids is 2. The molecule has 0 aliphatic rings. The monoisotopic (exact) mass is 574 g/mol. The van der Waals surface area contributed by atoms with Gasteiger partial charge in [0.05, 0.1) is 20.6 Å². The van der Waals surface area contributed by atoms with Crippen molar-refractivity contribution in [1.82, 2.24) is 5.32 Å². The van der Waals surface area contributed by atoms with Crippen LogP contribution in [0.2, 0.25) is 20.1 Å². The molecule has 0 bridgehead atoms. The van der Waals surface area contributed by atoms with Crippen molar-refractivity contribution in [1.29, 1.82) is 0 Å². The van der Waals surface area contributed by atoms with Gasteiger partial charge in [-0.2, -0.15) is 0 Å². The molecule has 0 saturated carbocycles. The lowest BCUT2D eigenvalue weighted by atomic mass is 10.1. The number of benzene rings is 3. The normalized spacial score (nSPS) is 10.6. The second-order valence-electron chi connectivity index (χ2n) is 6.69. The predicted molar refractivity (Wildman–Crippen MR) is 133 cm³/mol. The molecule has 0 unspecified atom stereocenters. The molecule has 0 atom stereocenters. The molecule has 0 saturated heterocycles. The Morgan fingerprint density at radius 1 is 0.938 bits per heavy atom. The summed E-state index contributed by atoms with van der Waals surface area (Å²) in [5.74, 6) is 0.0813. The number of halogens is 5. The zero-order valence-electron chi connectivity index (χ0n) is 16.7. The van der Waals surface area contributed by atoms with Crippen molar-refractivity contribution in [2.45, 2.75) is 13.8 Å². The fourth-order valence-electron chi connectivity index (χ4n) is 2.89. The lowest BCUT2D eigenvalue weighted by Crippen LogP contribution is -2.35. The number of amides is 3. The van der Waals surface area contributed by atoms with Crippen molar-refractivity contribution in [3.63, 3.8) is 0 Å². The molecule has 0 radical (unpaired) electrons. The van der Waals surface area contributed by atoms with Gasteiger partial charge in [-0.25, -0.2) is 4.79 Å². The van der Waals surface area contributed by atoms with Gasteiger partial charge in [-0.15, -0.1) is 0 Å². The molecule has 3 amide bonds. The number of rotatable bonds is 4. The molecule has 10 heteroatoms. The van der Waals surface area contributed by atoms with Crippen LogP contribution in [-0.4, -0.2) is 11.9 Å². The molecule has 0 spiro atoms. The van der Waals surface area contributed by atoms with Crippen molar-refractivity contribution in [2.75, 3.05) is 5.32 Å². The Morgan fingerprint density at radius 3 is 2.31 bits per heavy atom. The van der Waals surface area contributed by atoms with E-state index in [4.69, 9.17) is 51.1 Å². The van der Waals surface area contributed by atoms with Crippen molar-refractivity contribution in [3.8, 4) is 11.5 Å². The van der Waals surface area contributed by atoms with Gasteiger partial charge in [-0.3, -0.25) is 10.1 Å². The lowest BCUT2D eigenvalue weighted by Gasteiger charge is -2.17. The van der Waals surface area contributed by atoms with Gasteiger partial charge in [0.2, 0.25) is 0 Å². The number of hydrogen-bond donors (Lipinski definition) is 2. The maximum Gasteiger partial charge on any atom is 0.326 e. The molecule has 0 aliphatic heterocycles. The van der Waals surface area contributed by atoms with E-state index in [9.17, 15) is 9.59 Å². The molecule has 2 N–H and O–H groups in total. The summed E-state index contributed by atoms with van der Waals surface area (Å²) < 4.78 is 6.31. The van der Waals surface area contributed by atoms with Gasteiger partial charge in [0.25, 0.3) is 5.91 Å². The minimum atomic E-state index is -0.737. The van der Waals surface area contributed by atoms with Crippen LogP contribution in [0, 0.1) is 13.8 Å². The SMILES string of the molecule is Cc1cc(Oc2ccc(Cl)cc2Cl)c(Cl)c(C)c1NC(=O)NC(=O)c1c(Cl)cccc1Br. The first-order chi connectivity index (χ1) is 15.1. The van der Waals surface area contributed by atoms with Crippen LogP contribution in [-0.2, 0) is 0 Å². The van der Waals surface area contributed by atoms with Crippen molar-refractivity contribution >= 4 is 80.0 Å². The van der Waals surface area contributed by atoms with E-state index in [1.807, 2.05) is 0 Å². The second kappa shape index (κ2) is 10.3. The van der Waals surface area contributed by atoms with Gasteiger partial charge >= 0.3 is 6.03 Å². The van der Waals surface area contributed by atoms with Gasteiger partial charge < -0.3 is 10.1 Å². The third-order valence-electron chi connectivity index (χ3n) is 4.43. The van der Waals surface area contributed by atoms with E-state index < -0.39 is 11.9 Å². The van der Waals surface area contributed by atoms with Crippen LogP contribution in [0.3, 0.4) is 0 Å². The highest BCUT2D eigenvalue weighted by Crippen LogP contribution is 2.40. The van der Waals surface area contributed by atoms with E-state index in [-0.39, 0.29) is 15.6 Å². The smallest absolute Gasteiger partial charge is 0.326 e. The summed E-state index contributed by atoms with van der Waals surface area (Å²) >= 11 is 27.9. The Balaban J connectivity index is 1.81. The van der Waals surface area contributed by atoms with E-state index in [0.29, 0.717) is 42.8 Å². The van der Waals surface area contributed by atoms with Crippen LogP contribution in [0.1, 0.15) is 21.5 Å². The minimum Gasteiger partial charge on any atom is -0.454 e. The standard InChI is InChI=1S/C22H15BrCl4N2O3/c1-10-8-17(32-16-7-6-12(24)9-15(16)26)19(27)11(2)20(10)28-22(31)29-21(30)18-13(23)4-3-5-14(18)25/h3-9H,1-2H3,(H2,28,29,30,31). The quantitative estimate of drug-likeness (QED) is 0.327. The zero-order chi connectivity index (χ0) is 23.6. The van der Waals surface area contributed by atoms with Crippen LogP contribution in [0.25, 0.3) is 0 Å². The van der Waals surface area contributed by atoms with Crippen LogP contribution in [0.4, 0.5) is 10.5 Å². The molecule has 3 aromatic rings. The van der Waals surface area contributed by atoms with Crippen molar-refractivity contribution < 1.29 is 14.3 Å². The van der Waals surface area contributed by atoms with Crippen molar-refractivity contribution in [2.24, 2.45) is 0 Å². The highest BCUT2D eigenvalue weighted by Gasteiger charge is 2.20. The number of urea groups is 1. The van der Waals surface area contributed by atoms with Crippen LogP contribution >= 0.6 is 62.3 Å². The third-order valence-corrected chi connectivity index (χ3v) is 6.41. The topological polar surface area (TPSA) is 67.4 Å². The molecule has 166 valence electrons. The Bertz CT molecular complexity index is 1210. The van der Waals surface area contributed by atoms with Gasteiger partial charge in [0.15, 0.2) is 0 Å². The summed E-state index contributed by atoms with van der Waals surface area (Å²) in [4.78, 5) is 25.0. The Labute approximate surface area is 213 Å². The van der Waals surface area contributed by atoms with Crippen LogP contribution < -0.4 is 15.4 Å². The molecule has 5 nitrogen and oxygen atoms in total. The largest absolute Gasteiger partial charge is 0.454 e. The summed E-state index contributed by atoms with van der Waals surface area (Å²) in [7, 11) is 0. The molecule has 3 rings (SSSR count). The molecular formula is C22H15BrCl4N2O3. The van der Waals surface area contributed by atoms with Crippen molar-refractivity contribution in [3.05, 3.63) is 83.7 Å².